The second kappa shape index (κ2) is 7.70. The summed E-state index contributed by atoms with van der Waals surface area (Å²) >= 11 is 0. The minimum Gasteiger partial charge on any atom is -0.496 e. The van der Waals surface area contributed by atoms with Gasteiger partial charge in [0.2, 0.25) is 0 Å². The standard InChI is InChI=1S/C16H23N3O3/c1-12(11-19-7-5-6-18-19)17-10-13-8-15(21-3)16(22-4)9-14(13)20-2/h5-9,12,17H,10-11H2,1-4H3/t12-/m0/s1. The molecule has 1 aromatic carbocycles. The van der Waals surface area contributed by atoms with E-state index >= 15 is 0 Å². The predicted molar refractivity (Wildman–Crippen MR) is 84.6 cm³/mol. The van der Waals surface area contributed by atoms with Gasteiger partial charge in [-0.25, -0.2) is 0 Å². The summed E-state index contributed by atoms with van der Waals surface area (Å²) in [6, 6.07) is 5.97. The molecule has 120 valence electrons. The Balaban J connectivity index is 2.04. The monoisotopic (exact) mass is 305 g/mol. The van der Waals surface area contributed by atoms with Gasteiger partial charge in [-0.05, 0) is 19.1 Å². The van der Waals surface area contributed by atoms with Gasteiger partial charge < -0.3 is 19.5 Å². The molecule has 0 aliphatic rings. The smallest absolute Gasteiger partial charge is 0.164 e. The molecule has 0 fully saturated rings. The normalized spacial score (nSPS) is 12.0. The fraction of sp³-hybridized carbons (Fsp3) is 0.438. The molecule has 0 bridgehead atoms. The summed E-state index contributed by atoms with van der Waals surface area (Å²) in [6.07, 6.45) is 3.74. The summed E-state index contributed by atoms with van der Waals surface area (Å²) in [5.41, 5.74) is 1.02. The summed E-state index contributed by atoms with van der Waals surface area (Å²) in [5, 5.41) is 7.67. The molecule has 6 nitrogen and oxygen atoms in total. The Morgan fingerprint density at radius 1 is 1.09 bits per heavy atom. The molecule has 0 saturated carbocycles. The third-order valence-electron chi connectivity index (χ3n) is 3.45. The van der Waals surface area contributed by atoms with E-state index in [2.05, 4.69) is 17.3 Å². The Morgan fingerprint density at radius 2 is 1.77 bits per heavy atom. The van der Waals surface area contributed by atoms with Crippen molar-refractivity contribution in [3.8, 4) is 17.2 Å². The van der Waals surface area contributed by atoms with E-state index in [1.807, 2.05) is 29.1 Å². The van der Waals surface area contributed by atoms with Crippen LogP contribution in [0.25, 0.3) is 0 Å². The third kappa shape index (κ3) is 3.92. The van der Waals surface area contributed by atoms with E-state index in [9.17, 15) is 0 Å². The van der Waals surface area contributed by atoms with Crippen LogP contribution >= 0.6 is 0 Å². The van der Waals surface area contributed by atoms with Gasteiger partial charge >= 0.3 is 0 Å². The number of hydrogen-bond acceptors (Lipinski definition) is 5. The van der Waals surface area contributed by atoms with Gasteiger partial charge in [-0.15, -0.1) is 0 Å². The lowest BCUT2D eigenvalue weighted by Crippen LogP contribution is -2.30. The van der Waals surface area contributed by atoms with E-state index in [4.69, 9.17) is 14.2 Å². The van der Waals surface area contributed by atoms with Crippen LogP contribution in [0.15, 0.2) is 30.6 Å². The van der Waals surface area contributed by atoms with Gasteiger partial charge in [0.1, 0.15) is 5.75 Å². The fourth-order valence-corrected chi connectivity index (χ4v) is 2.27. The molecule has 1 aromatic heterocycles. The van der Waals surface area contributed by atoms with Crippen LogP contribution in [0.5, 0.6) is 17.2 Å². The van der Waals surface area contributed by atoms with Gasteiger partial charge in [-0.1, -0.05) is 0 Å². The van der Waals surface area contributed by atoms with E-state index in [1.54, 1.807) is 27.5 Å². The summed E-state index contributed by atoms with van der Waals surface area (Å²) in [5.74, 6) is 2.13. The molecule has 1 heterocycles. The molecule has 0 aliphatic carbocycles. The van der Waals surface area contributed by atoms with E-state index < -0.39 is 0 Å². The predicted octanol–water partition coefficient (Wildman–Crippen LogP) is 2.09. The summed E-state index contributed by atoms with van der Waals surface area (Å²) < 4.78 is 18.0. The number of aromatic nitrogens is 2. The van der Waals surface area contributed by atoms with Crippen molar-refractivity contribution >= 4 is 0 Å². The van der Waals surface area contributed by atoms with Gasteiger partial charge in [0.05, 0.1) is 27.9 Å². The molecule has 1 N–H and O–H groups in total. The Hall–Kier alpha value is -2.21. The highest BCUT2D eigenvalue weighted by Crippen LogP contribution is 2.34. The highest BCUT2D eigenvalue weighted by Gasteiger charge is 2.12. The summed E-state index contributed by atoms with van der Waals surface area (Å²) in [7, 11) is 4.89. The van der Waals surface area contributed by atoms with Crippen LogP contribution in [-0.2, 0) is 13.1 Å². The lowest BCUT2D eigenvalue weighted by atomic mass is 10.1. The Labute approximate surface area is 131 Å². The molecule has 2 aromatic rings. The van der Waals surface area contributed by atoms with Gasteiger partial charge in [-0.3, -0.25) is 4.68 Å². The maximum Gasteiger partial charge on any atom is 0.164 e. The Bertz CT molecular complexity index is 585. The SMILES string of the molecule is COc1cc(OC)c(OC)cc1CN[C@@H](C)Cn1cccn1. The van der Waals surface area contributed by atoms with Gasteiger partial charge in [0, 0.05) is 36.6 Å². The van der Waals surface area contributed by atoms with Crippen LogP contribution in [0.2, 0.25) is 0 Å². The largest absolute Gasteiger partial charge is 0.496 e. The Kier molecular flexibility index (Phi) is 5.66. The number of hydrogen-bond donors (Lipinski definition) is 1. The number of ether oxygens (including phenoxy) is 3. The first kappa shape index (κ1) is 16.2. The quantitative estimate of drug-likeness (QED) is 0.809. The average Bonchev–Trinajstić information content (AvgIpc) is 3.04. The molecule has 0 spiro atoms. The number of nitrogens with zero attached hydrogens (tertiary/aromatic N) is 2. The first-order valence-electron chi connectivity index (χ1n) is 7.17. The van der Waals surface area contributed by atoms with Crippen LogP contribution < -0.4 is 19.5 Å². The number of nitrogens with one attached hydrogen (secondary N) is 1. The van der Waals surface area contributed by atoms with Crippen molar-refractivity contribution < 1.29 is 14.2 Å². The highest BCUT2D eigenvalue weighted by atomic mass is 16.5. The van der Waals surface area contributed by atoms with Crippen molar-refractivity contribution in [1.82, 2.24) is 15.1 Å². The average molecular weight is 305 g/mol. The lowest BCUT2D eigenvalue weighted by Gasteiger charge is -2.17. The van der Waals surface area contributed by atoms with Crippen LogP contribution in [0, 0.1) is 0 Å². The topological polar surface area (TPSA) is 57.5 Å². The fourth-order valence-electron chi connectivity index (χ4n) is 2.27. The highest BCUT2D eigenvalue weighted by molar-refractivity contribution is 5.50. The van der Waals surface area contributed by atoms with E-state index in [0.29, 0.717) is 18.0 Å². The number of benzene rings is 1. The molecule has 0 unspecified atom stereocenters. The molecule has 0 radical (unpaired) electrons. The van der Waals surface area contributed by atoms with Crippen LogP contribution in [0.4, 0.5) is 0 Å². The lowest BCUT2D eigenvalue weighted by molar-refractivity contribution is 0.346. The molecule has 0 amide bonds. The van der Waals surface area contributed by atoms with Crippen LogP contribution in [0.3, 0.4) is 0 Å². The molecular formula is C16H23N3O3. The first-order chi connectivity index (χ1) is 10.7. The molecule has 1 atom stereocenters. The van der Waals surface area contributed by atoms with Crippen molar-refractivity contribution in [3.63, 3.8) is 0 Å². The second-order valence-corrected chi connectivity index (χ2v) is 5.03. The first-order valence-corrected chi connectivity index (χ1v) is 7.17. The zero-order valence-electron chi connectivity index (χ0n) is 13.5. The van der Waals surface area contributed by atoms with Gasteiger partial charge in [-0.2, -0.15) is 5.10 Å². The zero-order chi connectivity index (χ0) is 15.9. The number of methoxy groups -OCH3 is 3. The third-order valence-corrected chi connectivity index (χ3v) is 3.45. The minimum absolute atomic E-state index is 0.276. The van der Waals surface area contributed by atoms with Gasteiger partial charge in [0.25, 0.3) is 0 Å². The molecule has 2 rings (SSSR count). The van der Waals surface area contributed by atoms with Crippen molar-refractivity contribution in [1.29, 1.82) is 0 Å². The van der Waals surface area contributed by atoms with E-state index in [-0.39, 0.29) is 6.04 Å². The summed E-state index contributed by atoms with van der Waals surface area (Å²) in [4.78, 5) is 0. The molecule has 0 saturated heterocycles. The molecule has 0 aliphatic heterocycles. The maximum atomic E-state index is 5.43. The van der Waals surface area contributed by atoms with E-state index in [0.717, 1.165) is 17.9 Å². The zero-order valence-corrected chi connectivity index (χ0v) is 13.5. The molecular weight excluding hydrogens is 282 g/mol. The van der Waals surface area contributed by atoms with E-state index in [1.165, 1.54) is 0 Å². The van der Waals surface area contributed by atoms with Crippen LogP contribution in [0.1, 0.15) is 12.5 Å². The number of rotatable bonds is 8. The van der Waals surface area contributed by atoms with Gasteiger partial charge in [0.15, 0.2) is 11.5 Å². The molecule has 6 heteroatoms. The van der Waals surface area contributed by atoms with Crippen molar-refractivity contribution in [3.05, 3.63) is 36.2 Å². The van der Waals surface area contributed by atoms with Crippen molar-refractivity contribution in [2.24, 2.45) is 0 Å². The van der Waals surface area contributed by atoms with Crippen molar-refractivity contribution in [2.75, 3.05) is 21.3 Å². The summed E-state index contributed by atoms with van der Waals surface area (Å²) in [6.45, 7) is 3.60. The minimum atomic E-state index is 0.276. The van der Waals surface area contributed by atoms with Crippen molar-refractivity contribution in [2.45, 2.75) is 26.1 Å². The Morgan fingerprint density at radius 3 is 2.36 bits per heavy atom. The second-order valence-electron chi connectivity index (χ2n) is 5.03. The van der Waals surface area contributed by atoms with Crippen LogP contribution in [-0.4, -0.2) is 37.2 Å². The molecule has 22 heavy (non-hydrogen) atoms. The maximum absolute atomic E-state index is 5.43.